The Morgan fingerprint density at radius 1 is 1.40 bits per heavy atom. The van der Waals surface area contributed by atoms with Gasteiger partial charge in [-0.2, -0.15) is 0 Å². The molecule has 1 amide bonds. The van der Waals surface area contributed by atoms with Gasteiger partial charge in [-0.15, -0.1) is 11.3 Å². The number of anilines is 1. The third-order valence-corrected chi connectivity index (χ3v) is 4.55. The molecule has 1 aliphatic carbocycles. The number of hydrogen-bond donors (Lipinski definition) is 2. The van der Waals surface area contributed by atoms with Crippen LogP contribution in [0.5, 0.6) is 0 Å². The maximum Gasteiger partial charge on any atom is 0.257 e. The molecule has 1 aliphatic rings. The summed E-state index contributed by atoms with van der Waals surface area (Å²) in [4.78, 5) is 17.8. The second-order valence-corrected chi connectivity index (χ2v) is 6.30. The van der Waals surface area contributed by atoms with E-state index in [-0.39, 0.29) is 11.9 Å². The first-order valence-corrected chi connectivity index (χ1v) is 7.55. The lowest BCUT2D eigenvalue weighted by molar-refractivity contribution is 0.102. The highest BCUT2D eigenvalue weighted by Crippen LogP contribution is 2.29. The molecule has 1 heterocycles. The Kier molecular flexibility index (Phi) is 3.54. The molecule has 0 bridgehead atoms. The van der Waals surface area contributed by atoms with Gasteiger partial charge in [-0.05, 0) is 38.3 Å². The molecule has 3 N–H and O–H groups in total. The molecule has 3 rings (SSSR count). The third kappa shape index (κ3) is 2.73. The standard InChI is InChI=1S/C15H17N3OS/c1-9-2-4-10(5-3-9)14(19)18-15-17-12-7-6-11(16)8-13(12)20-15/h2-5,11H,6-8,16H2,1H3,(H,17,18,19)/t11-/m0/s1. The quantitative estimate of drug-likeness (QED) is 0.892. The molecule has 4 nitrogen and oxygen atoms in total. The van der Waals surface area contributed by atoms with Crippen molar-refractivity contribution < 1.29 is 4.79 Å². The number of fused-ring (bicyclic) bond motifs is 1. The van der Waals surface area contributed by atoms with Gasteiger partial charge in [0, 0.05) is 16.5 Å². The maximum atomic E-state index is 12.1. The number of carbonyl (C=O) groups excluding carboxylic acids is 1. The number of carbonyl (C=O) groups is 1. The third-order valence-electron chi connectivity index (χ3n) is 3.51. The molecule has 20 heavy (non-hydrogen) atoms. The van der Waals surface area contributed by atoms with Gasteiger partial charge in [-0.3, -0.25) is 10.1 Å². The SMILES string of the molecule is Cc1ccc(C(=O)Nc2nc3c(s2)C[C@@H](N)CC3)cc1. The average Bonchev–Trinajstić information content (AvgIpc) is 2.80. The zero-order valence-electron chi connectivity index (χ0n) is 11.3. The zero-order chi connectivity index (χ0) is 14.1. The molecule has 0 fully saturated rings. The van der Waals surface area contributed by atoms with Crippen LogP contribution in [0.2, 0.25) is 0 Å². The molecule has 104 valence electrons. The number of benzene rings is 1. The van der Waals surface area contributed by atoms with Crippen molar-refractivity contribution in [2.24, 2.45) is 5.73 Å². The number of hydrogen-bond acceptors (Lipinski definition) is 4. The Balaban J connectivity index is 1.75. The molecule has 0 spiro atoms. The van der Waals surface area contributed by atoms with Gasteiger partial charge < -0.3 is 5.73 Å². The fourth-order valence-corrected chi connectivity index (χ4v) is 3.42. The van der Waals surface area contributed by atoms with E-state index in [2.05, 4.69) is 10.3 Å². The fourth-order valence-electron chi connectivity index (χ4n) is 2.33. The van der Waals surface area contributed by atoms with Gasteiger partial charge in [0.1, 0.15) is 0 Å². The summed E-state index contributed by atoms with van der Waals surface area (Å²) in [7, 11) is 0. The van der Waals surface area contributed by atoms with Crippen molar-refractivity contribution in [1.29, 1.82) is 0 Å². The van der Waals surface area contributed by atoms with Crippen LogP contribution in [0.1, 0.15) is 32.9 Å². The van der Waals surface area contributed by atoms with Gasteiger partial charge >= 0.3 is 0 Å². The van der Waals surface area contributed by atoms with Crippen molar-refractivity contribution in [3.8, 4) is 0 Å². The number of nitrogens with zero attached hydrogens (tertiary/aromatic N) is 1. The lowest BCUT2D eigenvalue weighted by Crippen LogP contribution is -2.27. The number of thiazole rings is 1. The Morgan fingerprint density at radius 2 is 2.15 bits per heavy atom. The molecular formula is C15H17N3OS. The number of amides is 1. The first kappa shape index (κ1) is 13.3. The van der Waals surface area contributed by atoms with Crippen LogP contribution in [-0.4, -0.2) is 16.9 Å². The molecule has 1 aromatic heterocycles. The maximum absolute atomic E-state index is 12.1. The van der Waals surface area contributed by atoms with Gasteiger partial charge in [0.2, 0.25) is 0 Å². The summed E-state index contributed by atoms with van der Waals surface area (Å²) < 4.78 is 0. The van der Waals surface area contributed by atoms with Crippen molar-refractivity contribution in [2.45, 2.75) is 32.2 Å². The average molecular weight is 287 g/mol. The Hall–Kier alpha value is -1.72. The first-order valence-electron chi connectivity index (χ1n) is 6.74. The van der Waals surface area contributed by atoms with Crippen molar-refractivity contribution in [3.05, 3.63) is 46.0 Å². The number of nitrogens with one attached hydrogen (secondary N) is 1. The minimum absolute atomic E-state index is 0.111. The van der Waals surface area contributed by atoms with E-state index in [0.29, 0.717) is 10.7 Å². The van der Waals surface area contributed by atoms with E-state index in [1.807, 2.05) is 31.2 Å². The summed E-state index contributed by atoms with van der Waals surface area (Å²) in [5.74, 6) is -0.111. The number of aryl methyl sites for hydroxylation is 2. The number of rotatable bonds is 2. The largest absolute Gasteiger partial charge is 0.327 e. The van der Waals surface area contributed by atoms with E-state index < -0.39 is 0 Å². The van der Waals surface area contributed by atoms with Crippen LogP contribution in [0.4, 0.5) is 5.13 Å². The lowest BCUT2D eigenvalue weighted by Gasteiger charge is -2.15. The highest BCUT2D eigenvalue weighted by Gasteiger charge is 2.20. The zero-order valence-corrected chi connectivity index (χ0v) is 12.2. The van der Waals surface area contributed by atoms with Crippen molar-refractivity contribution in [1.82, 2.24) is 4.98 Å². The van der Waals surface area contributed by atoms with Crippen LogP contribution >= 0.6 is 11.3 Å². The van der Waals surface area contributed by atoms with Crippen LogP contribution in [0.15, 0.2) is 24.3 Å². The lowest BCUT2D eigenvalue weighted by atomic mass is 9.99. The second kappa shape index (κ2) is 5.34. The molecular weight excluding hydrogens is 270 g/mol. The van der Waals surface area contributed by atoms with E-state index in [9.17, 15) is 4.79 Å². The number of nitrogens with two attached hydrogens (primary N) is 1. The van der Waals surface area contributed by atoms with Gasteiger partial charge in [0.15, 0.2) is 5.13 Å². The van der Waals surface area contributed by atoms with Gasteiger partial charge in [-0.25, -0.2) is 4.98 Å². The molecule has 0 unspecified atom stereocenters. The summed E-state index contributed by atoms with van der Waals surface area (Å²) in [6.45, 7) is 2.00. The Bertz CT molecular complexity index is 633. The van der Waals surface area contributed by atoms with Crippen molar-refractivity contribution in [2.75, 3.05) is 5.32 Å². The molecule has 0 saturated carbocycles. The van der Waals surface area contributed by atoms with Crippen LogP contribution in [-0.2, 0) is 12.8 Å². The molecule has 2 aromatic rings. The molecule has 1 aromatic carbocycles. The second-order valence-electron chi connectivity index (χ2n) is 5.21. The summed E-state index contributed by atoms with van der Waals surface area (Å²) in [5.41, 5.74) is 8.84. The highest BCUT2D eigenvalue weighted by molar-refractivity contribution is 7.15. The normalized spacial score (nSPS) is 17.6. The summed E-state index contributed by atoms with van der Waals surface area (Å²) in [5, 5.41) is 3.55. The van der Waals surface area contributed by atoms with Crippen LogP contribution < -0.4 is 11.1 Å². The van der Waals surface area contributed by atoms with Crippen molar-refractivity contribution >= 4 is 22.4 Å². The van der Waals surface area contributed by atoms with E-state index in [1.54, 1.807) is 11.3 Å². The summed E-state index contributed by atoms with van der Waals surface area (Å²) in [6.07, 6.45) is 2.75. The van der Waals surface area contributed by atoms with Gasteiger partial charge in [0.25, 0.3) is 5.91 Å². The van der Waals surface area contributed by atoms with Gasteiger partial charge in [-0.1, -0.05) is 17.7 Å². The fraction of sp³-hybridized carbons (Fsp3) is 0.333. The first-order chi connectivity index (χ1) is 9.61. The smallest absolute Gasteiger partial charge is 0.257 e. The minimum atomic E-state index is -0.111. The van der Waals surface area contributed by atoms with Crippen molar-refractivity contribution in [3.63, 3.8) is 0 Å². The van der Waals surface area contributed by atoms with E-state index in [1.165, 1.54) is 4.88 Å². The molecule has 1 atom stereocenters. The molecule has 5 heteroatoms. The van der Waals surface area contributed by atoms with E-state index in [0.717, 1.165) is 30.5 Å². The number of aromatic nitrogens is 1. The summed E-state index contributed by atoms with van der Waals surface area (Å²) >= 11 is 1.54. The highest BCUT2D eigenvalue weighted by atomic mass is 32.1. The topological polar surface area (TPSA) is 68.0 Å². The molecule has 0 aliphatic heterocycles. The minimum Gasteiger partial charge on any atom is -0.327 e. The van der Waals surface area contributed by atoms with E-state index in [4.69, 9.17) is 5.73 Å². The summed E-state index contributed by atoms with van der Waals surface area (Å²) in [6, 6.07) is 7.74. The van der Waals surface area contributed by atoms with Crippen LogP contribution in [0.3, 0.4) is 0 Å². The monoisotopic (exact) mass is 287 g/mol. The predicted octanol–water partition coefficient (Wildman–Crippen LogP) is 2.52. The Morgan fingerprint density at radius 3 is 2.90 bits per heavy atom. The van der Waals surface area contributed by atoms with E-state index >= 15 is 0 Å². The van der Waals surface area contributed by atoms with Crippen LogP contribution in [0.25, 0.3) is 0 Å². The predicted molar refractivity (Wildman–Crippen MR) is 81.2 cm³/mol. The molecule has 0 saturated heterocycles. The Labute approximate surface area is 122 Å². The van der Waals surface area contributed by atoms with Gasteiger partial charge in [0.05, 0.1) is 5.69 Å². The molecule has 0 radical (unpaired) electrons. The van der Waals surface area contributed by atoms with Crippen LogP contribution in [0, 0.1) is 6.92 Å².